The van der Waals surface area contributed by atoms with Gasteiger partial charge < -0.3 is 9.64 Å². The Morgan fingerprint density at radius 1 is 1.38 bits per heavy atom. The van der Waals surface area contributed by atoms with Crippen molar-refractivity contribution in [1.82, 2.24) is 20.2 Å². The molecule has 136 valence electrons. The molecule has 7 nitrogen and oxygen atoms in total. The first-order valence-corrected chi connectivity index (χ1v) is 8.12. The van der Waals surface area contributed by atoms with Crippen LogP contribution >= 0.6 is 11.3 Å². The molecule has 0 atom stereocenters. The monoisotopic (exact) mass is 383 g/mol. The zero-order valence-corrected chi connectivity index (χ0v) is 14.1. The van der Waals surface area contributed by atoms with Gasteiger partial charge in [-0.05, 0) is 12.1 Å². The summed E-state index contributed by atoms with van der Waals surface area (Å²) in [5, 5.41) is 8.72. The van der Waals surface area contributed by atoms with Gasteiger partial charge in [0.1, 0.15) is 12.1 Å². The first-order valence-electron chi connectivity index (χ1n) is 7.24. The molecule has 0 radical (unpaired) electrons. The molecule has 0 saturated heterocycles. The van der Waals surface area contributed by atoms with E-state index < -0.39 is 12.1 Å². The van der Waals surface area contributed by atoms with E-state index in [0.29, 0.717) is 16.5 Å². The van der Waals surface area contributed by atoms with E-state index in [4.69, 9.17) is 0 Å². The van der Waals surface area contributed by atoms with E-state index in [1.165, 1.54) is 47.8 Å². The number of nitrogens with one attached hydrogen (secondary N) is 1. The number of thiazole rings is 1. The molecule has 1 N–H and O–H groups in total. The van der Waals surface area contributed by atoms with Crippen LogP contribution < -0.4 is 9.64 Å². The second-order valence-electron chi connectivity index (χ2n) is 5.15. The lowest BCUT2D eigenvalue weighted by Gasteiger charge is -2.18. The molecule has 3 rings (SSSR count). The number of aromatic amines is 1. The molecule has 3 aromatic rings. The third-order valence-corrected chi connectivity index (χ3v) is 4.21. The van der Waals surface area contributed by atoms with Crippen LogP contribution in [0.2, 0.25) is 0 Å². The molecule has 0 aliphatic carbocycles. The molecular weight excluding hydrogens is 371 g/mol. The highest BCUT2D eigenvalue weighted by molar-refractivity contribution is 7.13. The molecule has 1 amide bonds. The SMILES string of the molecule is CN(C(=O)Cc1csc(-c2ncn[nH]2)n1)c1cccc(OC(F)(F)F)c1. The van der Waals surface area contributed by atoms with Gasteiger partial charge in [-0.25, -0.2) is 9.97 Å². The highest BCUT2D eigenvalue weighted by Crippen LogP contribution is 2.27. The fourth-order valence-corrected chi connectivity index (χ4v) is 2.88. The Kier molecular flexibility index (Phi) is 4.89. The van der Waals surface area contributed by atoms with Gasteiger partial charge in [0.15, 0.2) is 10.8 Å². The molecule has 0 aliphatic heterocycles. The number of rotatable bonds is 5. The first kappa shape index (κ1) is 17.9. The average Bonchev–Trinajstić information content (AvgIpc) is 3.23. The van der Waals surface area contributed by atoms with Crippen LogP contribution in [0.25, 0.3) is 10.8 Å². The van der Waals surface area contributed by atoms with Crippen molar-refractivity contribution in [2.24, 2.45) is 0 Å². The Bertz CT molecular complexity index is 895. The van der Waals surface area contributed by atoms with E-state index in [1.54, 1.807) is 5.38 Å². The maximum absolute atomic E-state index is 12.4. The minimum Gasteiger partial charge on any atom is -0.406 e. The van der Waals surface area contributed by atoms with Crippen LogP contribution in [0.4, 0.5) is 18.9 Å². The van der Waals surface area contributed by atoms with Crippen molar-refractivity contribution in [3.63, 3.8) is 0 Å². The minimum absolute atomic E-state index is 0.00844. The van der Waals surface area contributed by atoms with Crippen LogP contribution in [0.3, 0.4) is 0 Å². The Morgan fingerprint density at radius 2 is 2.19 bits per heavy atom. The number of ether oxygens (including phenoxy) is 1. The van der Waals surface area contributed by atoms with Gasteiger partial charge in [-0.15, -0.1) is 24.5 Å². The molecule has 2 aromatic heterocycles. The number of H-pyrrole nitrogens is 1. The number of amides is 1. The number of carbonyl (C=O) groups excluding carboxylic acids is 1. The van der Waals surface area contributed by atoms with Gasteiger partial charge >= 0.3 is 6.36 Å². The molecule has 11 heteroatoms. The number of benzene rings is 1. The van der Waals surface area contributed by atoms with Crippen LogP contribution in [0, 0.1) is 0 Å². The normalized spacial score (nSPS) is 11.4. The highest BCUT2D eigenvalue weighted by atomic mass is 32.1. The van der Waals surface area contributed by atoms with Crippen molar-refractivity contribution < 1.29 is 22.7 Å². The topological polar surface area (TPSA) is 84.0 Å². The summed E-state index contributed by atoms with van der Waals surface area (Å²) in [7, 11) is 1.47. The summed E-state index contributed by atoms with van der Waals surface area (Å²) in [5.74, 6) is -0.224. The van der Waals surface area contributed by atoms with E-state index in [-0.39, 0.29) is 18.0 Å². The minimum atomic E-state index is -4.79. The van der Waals surface area contributed by atoms with Gasteiger partial charge in [-0.3, -0.25) is 9.89 Å². The number of halogens is 3. The molecule has 2 heterocycles. The van der Waals surface area contributed by atoms with Crippen LogP contribution in [0.1, 0.15) is 5.69 Å². The molecule has 0 spiro atoms. The predicted octanol–water partition coefficient (Wildman–Crippen LogP) is 3.03. The fraction of sp³-hybridized carbons (Fsp3) is 0.200. The van der Waals surface area contributed by atoms with E-state index >= 15 is 0 Å². The van der Waals surface area contributed by atoms with Crippen molar-refractivity contribution in [2.75, 3.05) is 11.9 Å². The average molecular weight is 383 g/mol. The molecule has 26 heavy (non-hydrogen) atoms. The summed E-state index contributed by atoms with van der Waals surface area (Å²) in [4.78, 5) is 21.9. The van der Waals surface area contributed by atoms with Crippen molar-refractivity contribution in [3.8, 4) is 16.6 Å². The molecule has 0 aliphatic rings. The van der Waals surface area contributed by atoms with Crippen LogP contribution in [-0.2, 0) is 11.2 Å². The van der Waals surface area contributed by atoms with Gasteiger partial charge in [0.2, 0.25) is 5.91 Å². The lowest BCUT2D eigenvalue weighted by Crippen LogP contribution is -2.28. The summed E-state index contributed by atoms with van der Waals surface area (Å²) in [5.41, 5.74) is 0.809. The Labute approximate surface area is 149 Å². The summed E-state index contributed by atoms with van der Waals surface area (Å²) in [6.07, 6.45) is -3.45. The second kappa shape index (κ2) is 7.12. The van der Waals surface area contributed by atoms with Crippen LogP contribution in [-0.4, -0.2) is 39.5 Å². The third-order valence-electron chi connectivity index (χ3n) is 3.31. The summed E-state index contributed by atoms with van der Waals surface area (Å²) >= 11 is 1.30. The maximum atomic E-state index is 12.4. The lowest BCUT2D eigenvalue weighted by molar-refractivity contribution is -0.274. The molecule has 0 saturated carbocycles. The number of hydrogen-bond acceptors (Lipinski definition) is 6. The number of alkyl halides is 3. The Balaban J connectivity index is 1.69. The van der Waals surface area contributed by atoms with Gasteiger partial charge in [0, 0.05) is 24.2 Å². The maximum Gasteiger partial charge on any atom is 0.573 e. The van der Waals surface area contributed by atoms with Gasteiger partial charge in [0.25, 0.3) is 0 Å². The van der Waals surface area contributed by atoms with Crippen LogP contribution in [0.15, 0.2) is 36.0 Å². The smallest absolute Gasteiger partial charge is 0.406 e. The number of hydrogen-bond donors (Lipinski definition) is 1. The molecule has 0 bridgehead atoms. The quantitative estimate of drug-likeness (QED) is 0.732. The molecule has 0 fully saturated rings. The number of anilines is 1. The molecule has 0 unspecified atom stereocenters. The van der Waals surface area contributed by atoms with E-state index in [9.17, 15) is 18.0 Å². The van der Waals surface area contributed by atoms with E-state index in [0.717, 1.165) is 6.07 Å². The summed E-state index contributed by atoms with van der Waals surface area (Å²) in [6.45, 7) is 0. The number of nitrogens with zero attached hydrogens (tertiary/aromatic N) is 4. The Morgan fingerprint density at radius 3 is 2.88 bits per heavy atom. The summed E-state index contributed by atoms with van der Waals surface area (Å²) < 4.78 is 40.8. The van der Waals surface area contributed by atoms with Gasteiger partial charge in [0.05, 0.1) is 12.1 Å². The lowest BCUT2D eigenvalue weighted by atomic mass is 10.2. The van der Waals surface area contributed by atoms with E-state index in [1.807, 2.05) is 0 Å². The first-order chi connectivity index (χ1) is 12.3. The van der Waals surface area contributed by atoms with Crippen molar-refractivity contribution in [1.29, 1.82) is 0 Å². The van der Waals surface area contributed by atoms with Gasteiger partial charge in [-0.2, -0.15) is 5.10 Å². The summed E-state index contributed by atoms with van der Waals surface area (Å²) in [6, 6.07) is 5.21. The Hall–Kier alpha value is -2.95. The fourth-order valence-electron chi connectivity index (χ4n) is 2.11. The van der Waals surface area contributed by atoms with Gasteiger partial charge in [-0.1, -0.05) is 6.07 Å². The second-order valence-corrected chi connectivity index (χ2v) is 6.01. The van der Waals surface area contributed by atoms with Crippen molar-refractivity contribution in [3.05, 3.63) is 41.7 Å². The standard InChI is InChI=1S/C15H12F3N5O2S/c1-23(10-3-2-4-11(6-10)25-15(16,17)18)12(24)5-9-7-26-14(21-9)13-19-8-20-22-13/h2-4,6-8H,5H2,1H3,(H,19,20,22). The van der Waals surface area contributed by atoms with Crippen molar-refractivity contribution in [2.45, 2.75) is 12.8 Å². The predicted molar refractivity (Wildman–Crippen MR) is 87.7 cm³/mol. The van der Waals surface area contributed by atoms with Crippen LogP contribution in [0.5, 0.6) is 5.75 Å². The molecule has 1 aromatic carbocycles. The van der Waals surface area contributed by atoms with E-state index in [2.05, 4.69) is 24.9 Å². The third kappa shape index (κ3) is 4.36. The zero-order valence-electron chi connectivity index (χ0n) is 13.3. The number of likely N-dealkylation sites (N-methyl/N-ethyl adjacent to an activating group) is 1. The number of aromatic nitrogens is 4. The molecular formula is C15H12F3N5O2S. The highest BCUT2D eigenvalue weighted by Gasteiger charge is 2.31. The number of carbonyl (C=O) groups is 1. The zero-order chi connectivity index (χ0) is 18.7. The largest absolute Gasteiger partial charge is 0.573 e. The van der Waals surface area contributed by atoms with Crippen molar-refractivity contribution >= 4 is 22.9 Å².